The van der Waals surface area contributed by atoms with E-state index in [1.165, 1.54) is 0 Å². The lowest BCUT2D eigenvalue weighted by Gasteiger charge is -2.24. The van der Waals surface area contributed by atoms with E-state index in [1.54, 1.807) is 6.92 Å². The lowest BCUT2D eigenvalue weighted by molar-refractivity contribution is -0.870. The highest BCUT2D eigenvalue weighted by Crippen LogP contribution is 2.43. The van der Waals surface area contributed by atoms with Gasteiger partial charge in [0.15, 0.2) is 6.10 Å². The fourth-order valence-corrected chi connectivity index (χ4v) is 2.35. The number of esters is 2. The molecule has 1 N–H and O–H groups in total. The number of hydrogen-bond donors (Lipinski definition) is 1. The van der Waals surface area contributed by atoms with Gasteiger partial charge in [0.25, 0.3) is 0 Å². The van der Waals surface area contributed by atoms with E-state index < -0.39 is 32.5 Å². The smallest absolute Gasteiger partial charge is 0.462 e. The third-order valence-corrected chi connectivity index (χ3v) is 4.18. The molecule has 10 heteroatoms. The summed E-state index contributed by atoms with van der Waals surface area (Å²) in [5.74, 6) is -0.947. The molecule has 0 rings (SSSR count). The van der Waals surface area contributed by atoms with Crippen molar-refractivity contribution in [3.8, 4) is 0 Å². The van der Waals surface area contributed by atoms with E-state index in [1.807, 2.05) is 28.1 Å². The fraction of sp³-hybridized carbons (Fsp3) is 0.875. The number of phosphoric acid groups is 1. The van der Waals surface area contributed by atoms with Crippen molar-refractivity contribution in [2.45, 2.75) is 45.6 Å². The number of likely N-dealkylation sites (N-methyl/N-ethyl adjacent to an activating group) is 1. The first-order valence-corrected chi connectivity index (χ1v) is 10.3. The van der Waals surface area contributed by atoms with Gasteiger partial charge in [-0.2, -0.15) is 0 Å². The highest BCUT2D eigenvalue weighted by Gasteiger charge is 2.26. The standard InChI is InChI=1S/C16H32NO8P/c1-6-8-9-16(19)22-12-14(25-15(18)7-2)13-24-26(20,21)23-11-10-17(3,4)5/h14H,6-13H2,1-5H3/p+1/t14-/m1/s1. The lowest BCUT2D eigenvalue weighted by atomic mass is 10.2. The number of rotatable bonds is 14. The van der Waals surface area contributed by atoms with Gasteiger partial charge in [-0.25, -0.2) is 4.57 Å². The number of quaternary nitrogens is 1. The topological polar surface area (TPSA) is 108 Å². The van der Waals surface area contributed by atoms with Crippen LogP contribution in [0.2, 0.25) is 0 Å². The molecule has 0 fully saturated rings. The van der Waals surface area contributed by atoms with Crippen molar-refractivity contribution in [2.24, 2.45) is 0 Å². The van der Waals surface area contributed by atoms with Gasteiger partial charge in [-0.05, 0) is 6.42 Å². The fourth-order valence-electron chi connectivity index (χ4n) is 1.61. The highest BCUT2D eigenvalue weighted by atomic mass is 31.2. The Balaban J connectivity index is 4.49. The van der Waals surface area contributed by atoms with Gasteiger partial charge in [-0.1, -0.05) is 20.3 Å². The molecule has 26 heavy (non-hydrogen) atoms. The maximum absolute atomic E-state index is 11.9. The molecule has 0 aromatic rings. The number of carbonyl (C=O) groups is 2. The number of carbonyl (C=O) groups excluding carboxylic acids is 2. The normalized spacial score (nSPS) is 15.2. The summed E-state index contributed by atoms with van der Waals surface area (Å²) >= 11 is 0. The molecule has 0 bridgehead atoms. The molecular weight excluding hydrogens is 365 g/mol. The van der Waals surface area contributed by atoms with Gasteiger partial charge in [0.05, 0.1) is 27.7 Å². The quantitative estimate of drug-likeness (QED) is 0.268. The molecule has 0 amide bonds. The molecule has 0 saturated carbocycles. The Morgan fingerprint density at radius 3 is 2.27 bits per heavy atom. The Morgan fingerprint density at radius 2 is 1.73 bits per heavy atom. The van der Waals surface area contributed by atoms with Crippen LogP contribution < -0.4 is 0 Å². The van der Waals surface area contributed by atoms with Crippen LogP contribution in [0.15, 0.2) is 0 Å². The van der Waals surface area contributed by atoms with E-state index in [2.05, 4.69) is 0 Å². The molecule has 0 aliphatic carbocycles. The van der Waals surface area contributed by atoms with Gasteiger partial charge in [-0.3, -0.25) is 18.6 Å². The predicted molar refractivity (Wildman–Crippen MR) is 95.3 cm³/mol. The van der Waals surface area contributed by atoms with Gasteiger partial charge in [0.2, 0.25) is 0 Å². The van der Waals surface area contributed by atoms with Crippen LogP contribution in [0.25, 0.3) is 0 Å². The van der Waals surface area contributed by atoms with E-state index >= 15 is 0 Å². The van der Waals surface area contributed by atoms with Crippen LogP contribution in [0.5, 0.6) is 0 Å². The van der Waals surface area contributed by atoms with Crippen molar-refractivity contribution in [1.82, 2.24) is 0 Å². The van der Waals surface area contributed by atoms with Crippen molar-refractivity contribution in [3.05, 3.63) is 0 Å². The first-order valence-electron chi connectivity index (χ1n) is 8.76. The summed E-state index contributed by atoms with van der Waals surface area (Å²) < 4.78 is 32.3. The molecular formula is C16H33NO8P+. The second kappa shape index (κ2) is 12.4. The van der Waals surface area contributed by atoms with Crippen LogP contribution in [0.4, 0.5) is 0 Å². The van der Waals surface area contributed by atoms with Gasteiger partial charge in [0.1, 0.15) is 19.8 Å². The Kier molecular flexibility index (Phi) is 11.9. The van der Waals surface area contributed by atoms with Crippen LogP contribution >= 0.6 is 7.82 Å². The first-order chi connectivity index (χ1) is 12.0. The van der Waals surface area contributed by atoms with E-state index in [9.17, 15) is 19.0 Å². The highest BCUT2D eigenvalue weighted by molar-refractivity contribution is 7.47. The summed E-state index contributed by atoms with van der Waals surface area (Å²) in [6.45, 7) is 3.45. The lowest BCUT2D eigenvalue weighted by Crippen LogP contribution is -2.37. The molecule has 0 spiro atoms. The zero-order valence-electron chi connectivity index (χ0n) is 16.4. The van der Waals surface area contributed by atoms with Gasteiger partial charge in [-0.15, -0.1) is 0 Å². The molecule has 154 valence electrons. The van der Waals surface area contributed by atoms with Crippen molar-refractivity contribution in [3.63, 3.8) is 0 Å². The molecule has 1 unspecified atom stereocenters. The van der Waals surface area contributed by atoms with Crippen molar-refractivity contribution < 1.29 is 42.1 Å². The molecule has 0 aliphatic rings. The first kappa shape index (κ1) is 25.0. The predicted octanol–water partition coefficient (Wildman–Crippen LogP) is 1.88. The third kappa shape index (κ3) is 14.2. The van der Waals surface area contributed by atoms with Crippen molar-refractivity contribution in [1.29, 1.82) is 0 Å². The summed E-state index contributed by atoms with van der Waals surface area (Å²) in [5, 5.41) is 0. The van der Waals surface area contributed by atoms with E-state index in [-0.39, 0.29) is 26.1 Å². The van der Waals surface area contributed by atoms with E-state index in [4.69, 9.17) is 18.5 Å². The second-order valence-corrected chi connectivity index (χ2v) is 8.32. The number of ether oxygens (including phenoxy) is 2. The average Bonchev–Trinajstić information content (AvgIpc) is 2.53. The summed E-state index contributed by atoms with van der Waals surface area (Å²) in [6.07, 6.45) is 0.955. The average molecular weight is 398 g/mol. The van der Waals surface area contributed by atoms with Gasteiger partial charge in [0, 0.05) is 12.8 Å². The zero-order valence-corrected chi connectivity index (χ0v) is 17.3. The van der Waals surface area contributed by atoms with Crippen molar-refractivity contribution in [2.75, 3.05) is 47.5 Å². The summed E-state index contributed by atoms with van der Waals surface area (Å²) in [6, 6.07) is 0. The largest absolute Gasteiger partial charge is 0.472 e. The minimum Gasteiger partial charge on any atom is -0.462 e. The molecule has 0 heterocycles. The summed E-state index contributed by atoms with van der Waals surface area (Å²) in [4.78, 5) is 32.7. The Labute approximate surface area is 155 Å². The van der Waals surface area contributed by atoms with Crippen LogP contribution in [-0.4, -0.2) is 74.9 Å². The maximum atomic E-state index is 11.9. The summed E-state index contributed by atoms with van der Waals surface area (Å²) in [7, 11) is 1.46. The van der Waals surface area contributed by atoms with Gasteiger partial charge < -0.3 is 18.9 Å². The van der Waals surface area contributed by atoms with E-state index in [0.29, 0.717) is 17.4 Å². The number of phosphoric ester groups is 1. The monoisotopic (exact) mass is 398 g/mol. The Hall–Kier alpha value is -0.990. The zero-order chi connectivity index (χ0) is 20.2. The molecule has 0 aromatic carbocycles. The SMILES string of the molecule is CCCCC(=O)OC[C@H](COP(=O)(O)OCC[N+](C)(C)C)OC(=O)CC. The van der Waals surface area contributed by atoms with Gasteiger partial charge >= 0.3 is 19.8 Å². The maximum Gasteiger partial charge on any atom is 0.472 e. The molecule has 2 atom stereocenters. The Morgan fingerprint density at radius 1 is 1.08 bits per heavy atom. The molecule has 0 aromatic heterocycles. The number of hydrogen-bond acceptors (Lipinski definition) is 7. The van der Waals surface area contributed by atoms with Crippen LogP contribution in [0.1, 0.15) is 39.5 Å². The number of nitrogens with zero attached hydrogens (tertiary/aromatic N) is 1. The Bertz CT molecular complexity index is 477. The third-order valence-electron chi connectivity index (χ3n) is 3.19. The molecule has 0 radical (unpaired) electrons. The van der Waals surface area contributed by atoms with Crippen LogP contribution in [-0.2, 0) is 32.7 Å². The molecule has 0 saturated heterocycles. The molecule has 9 nitrogen and oxygen atoms in total. The van der Waals surface area contributed by atoms with Crippen LogP contribution in [0.3, 0.4) is 0 Å². The van der Waals surface area contributed by atoms with E-state index in [0.717, 1.165) is 6.42 Å². The summed E-state index contributed by atoms with van der Waals surface area (Å²) in [5.41, 5.74) is 0. The second-order valence-electron chi connectivity index (χ2n) is 6.86. The minimum absolute atomic E-state index is 0.0305. The minimum atomic E-state index is -4.29. The van der Waals surface area contributed by atoms with Crippen LogP contribution in [0, 0.1) is 0 Å². The number of unbranched alkanes of at least 4 members (excludes halogenated alkanes) is 1. The van der Waals surface area contributed by atoms with Crippen molar-refractivity contribution >= 4 is 19.8 Å². The molecule has 0 aliphatic heterocycles.